The minimum Gasteiger partial charge on any atom is -0.338 e. The van der Waals surface area contributed by atoms with Crippen LogP contribution in [0.15, 0.2) is 45.6 Å². The van der Waals surface area contributed by atoms with Crippen LogP contribution in [0.5, 0.6) is 0 Å². The highest BCUT2D eigenvalue weighted by atomic mass is 32.1. The Bertz CT molecular complexity index is 857. The van der Waals surface area contributed by atoms with E-state index < -0.39 is 0 Å². The van der Waals surface area contributed by atoms with Gasteiger partial charge in [0.25, 0.3) is 11.8 Å². The van der Waals surface area contributed by atoms with Crippen LogP contribution in [-0.2, 0) is 0 Å². The largest absolute Gasteiger partial charge is 0.338 e. The zero-order valence-corrected chi connectivity index (χ0v) is 14.1. The van der Waals surface area contributed by atoms with E-state index in [1.165, 1.54) is 0 Å². The summed E-state index contributed by atoms with van der Waals surface area (Å²) in [4.78, 5) is 19.1. The third-order valence-electron chi connectivity index (χ3n) is 4.43. The Morgan fingerprint density at radius 2 is 2.21 bits per heavy atom. The summed E-state index contributed by atoms with van der Waals surface area (Å²) in [5.74, 6) is 1.46. The van der Waals surface area contributed by atoms with E-state index in [0.29, 0.717) is 18.3 Å². The number of hydrogen-bond donors (Lipinski definition) is 0. The molecule has 1 atom stereocenters. The first-order valence-electron chi connectivity index (χ1n) is 7.93. The SMILES string of the molecule is Cc1ccccc1C(=O)N1CC[C@@H](c2noc(-c3ccsc3)n2)C1. The van der Waals surface area contributed by atoms with E-state index in [4.69, 9.17) is 4.52 Å². The van der Waals surface area contributed by atoms with Crippen LogP contribution >= 0.6 is 11.3 Å². The van der Waals surface area contributed by atoms with Gasteiger partial charge in [-0.3, -0.25) is 4.79 Å². The molecule has 0 unspecified atom stereocenters. The number of aryl methyl sites for hydroxylation is 1. The Labute approximate surface area is 143 Å². The molecule has 0 radical (unpaired) electrons. The molecular weight excluding hydrogens is 322 g/mol. The summed E-state index contributed by atoms with van der Waals surface area (Å²) >= 11 is 1.60. The number of nitrogens with zero attached hydrogens (tertiary/aromatic N) is 3. The molecule has 1 aromatic carbocycles. The molecule has 1 aliphatic heterocycles. The van der Waals surface area contributed by atoms with Crippen LogP contribution in [-0.4, -0.2) is 34.0 Å². The quantitative estimate of drug-likeness (QED) is 0.729. The number of carbonyl (C=O) groups is 1. The lowest BCUT2D eigenvalue weighted by Gasteiger charge is -2.17. The molecule has 3 aromatic rings. The zero-order chi connectivity index (χ0) is 16.5. The molecule has 1 aliphatic rings. The van der Waals surface area contributed by atoms with Gasteiger partial charge in [0, 0.05) is 30.0 Å². The first-order chi connectivity index (χ1) is 11.7. The van der Waals surface area contributed by atoms with Crippen molar-refractivity contribution in [1.82, 2.24) is 15.0 Å². The second-order valence-corrected chi connectivity index (χ2v) is 6.80. The summed E-state index contributed by atoms with van der Waals surface area (Å²) in [7, 11) is 0. The number of rotatable bonds is 3. The van der Waals surface area contributed by atoms with Crippen LogP contribution in [0.3, 0.4) is 0 Å². The molecule has 0 bridgehead atoms. The topological polar surface area (TPSA) is 59.2 Å². The molecule has 6 heteroatoms. The second-order valence-electron chi connectivity index (χ2n) is 6.02. The molecule has 5 nitrogen and oxygen atoms in total. The van der Waals surface area contributed by atoms with Gasteiger partial charge >= 0.3 is 0 Å². The highest BCUT2D eigenvalue weighted by Gasteiger charge is 2.31. The van der Waals surface area contributed by atoms with Crippen LogP contribution in [0.4, 0.5) is 0 Å². The summed E-state index contributed by atoms with van der Waals surface area (Å²) in [5.41, 5.74) is 2.72. The molecule has 0 saturated carbocycles. The number of benzene rings is 1. The number of hydrogen-bond acceptors (Lipinski definition) is 5. The fraction of sp³-hybridized carbons (Fsp3) is 0.278. The molecule has 24 heavy (non-hydrogen) atoms. The van der Waals surface area contributed by atoms with Crippen molar-refractivity contribution < 1.29 is 9.32 Å². The standard InChI is InChI=1S/C18H17N3O2S/c1-12-4-2-3-5-15(12)18(22)21-8-6-13(10-21)16-19-17(23-20-16)14-7-9-24-11-14/h2-5,7,9,11,13H,6,8,10H2,1H3/t13-/m1/s1. The second kappa shape index (κ2) is 6.20. The van der Waals surface area contributed by atoms with E-state index in [9.17, 15) is 4.79 Å². The maximum absolute atomic E-state index is 12.7. The first kappa shape index (κ1) is 15.1. The Morgan fingerprint density at radius 3 is 3.00 bits per heavy atom. The molecule has 0 aliphatic carbocycles. The van der Waals surface area contributed by atoms with E-state index in [-0.39, 0.29) is 11.8 Å². The van der Waals surface area contributed by atoms with Crippen molar-refractivity contribution in [2.75, 3.05) is 13.1 Å². The number of amides is 1. The fourth-order valence-corrected chi connectivity index (χ4v) is 3.67. The minimum absolute atomic E-state index is 0.0807. The Kier molecular flexibility index (Phi) is 3.90. The molecule has 4 rings (SSSR count). The Balaban J connectivity index is 1.49. The Hall–Kier alpha value is -2.47. The molecule has 0 spiro atoms. The van der Waals surface area contributed by atoms with Crippen molar-refractivity contribution in [2.45, 2.75) is 19.3 Å². The van der Waals surface area contributed by atoms with Gasteiger partial charge in [0.1, 0.15) is 0 Å². The summed E-state index contributed by atoms with van der Waals surface area (Å²) in [6.07, 6.45) is 0.861. The molecule has 1 fully saturated rings. The molecule has 1 saturated heterocycles. The van der Waals surface area contributed by atoms with E-state index in [2.05, 4.69) is 10.1 Å². The summed E-state index contributed by atoms with van der Waals surface area (Å²) < 4.78 is 5.36. The normalized spacial score (nSPS) is 17.4. The lowest BCUT2D eigenvalue weighted by molar-refractivity contribution is 0.0789. The predicted molar refractivity (Wildman–Crippen MR) is 92.1 cm³/mol. The monoisotopic (exact) mass is 339 g/mol. The van der Waals surface area contributed by atoms with Gasteiger partial charge in [-0.2, -0.15) is 16.3 Å². The van der Waals surface area contributed by atoms with Crippen molar-refractivity contribution in [3.63, 3.8) is 0 Å². The van der Waals surface area contributed by atoms with Crippen molar-refractivity contribution >= 4 is 17.2 Å². The average molecular weight is 339 g/mol. The third kappa shape index (κ3) is 2.73. The van der Waals surface area contributed by atoms with Gasteiger partial charge in [-0.1, -0.05) is 23.4 Å². The fourth-order valence-electron chi connectivity index (χ4n) is 3.04. The van der Waals surface area contributed by atoms with Crippen molar-refractivity contribution in [1.29, 1.82) is 0 Å². The van der Waals surface area contributed by atoms with Gasteiger partial charge in [0.15, 0.2) is 5.82 Å². The van der Waals surface area contributed by atoms with Crippen LogP contribution in [0, 0.1) is 6.92 Å². The maximum Gasteiger partial charge on any atom is 0.258 e. The summed E-state index contributed by atoms with van der Waals surface area (Å²) in [6, 6.07) is 9.66. The van der Waals surface area contributed by atoms with Gasteiger partial charge in [-0.05, 0) is 36.4 Å². The third-order valence-corrected chi connectivity index (χ3v) is 5.11. The molecular formula is C18H17N3O2S. The van der Waals surface area contributed by atoms with E-state index in [1.807, 2.05) is 52.9 Å². The van der Waals surface area contributed by atoms with Crippen LogP contribution < -0.4 is 0 Å². The molecule has 3 heterocycles. The van der Waals surface area contributed by atoms with Gasteiger partial charge in [0.05, 0.1) is 5.56 Å². The predicted octanol–water partition coefficient (Wildman–Crippen LogP) is 3.74. The average Bonchev–Trinajstić information content (AvgIpc) is 3.33. The number of likely N-dealkylation sites (tertiary alicyclic amines) is 1. The van der Waals surface area contributed by atoms with Crippen LogP contribution in [0.1, 0.15) is 34.1 Å². The zero-order valence-electron chi connectivity index (χ0n) is 13.3. The summed E-state index contributed by atoms with van der Waals surface area (Å²) in [5, 5.41) is 8.09. The lowest BCUT2D eigenvalue weighted by atomic mass is 10.1. The first-order valence-corrected chi connectivity index (χ1v) is 8.88. The maximum atomic E-state index is 12.7. The number of aromatic nitrogens is 2. The smallest absolute Gasteiger partial charge is 0.258 e. The van der Waals surface area contributed by atoms with E-state index >= 15 is 0 Å². The minimum atomic E-state index is 0.0807. The van der Waals surface area contributed by atoms with Crippen LogP contribution in [0.2, 0.25) is 0 Å². The molecule has 2 aromatic heterocycles. The van der Waals surface area contributed by atoms with Gasteiger partial charge < -0.3 is 9.42 Å². The Morgan fingerprint density at radius 1 is 1.33 bits per heavy atom. The van der Waals surface area contributed by atoms with Gasteiger partial charge in [-0.25, -0.2) is 0 Å². The van der Waals surface area contributed by atoms with Gasteiger partial charge in [-0.15, -0.1) is 0 Å². The molecule has 1 amide bonds. The molecule has 0 N–H and O–H groups in total. The highest BCUT2D eigenvalue weighted by molar-refractivity contribution is 7.08. The molecule has 122 valence electrons. The van der Waals surface area contributed by atoms with Crippen molar-refractivity contribution in [3.05, 3.63) is 58.0 Å². The highest BCUT2D eigenvalue weighted by Crippen LogP contribution is 2.29. The lowest BCUT2D eigenvalue weighted by Crippen LogP contribution is -2.29. The van der Waals surface area contributed by atoms with Gasteiger partial charge in [0.2, 0.25) is 0 Å². The number of carbonyl (C=O) groups excluding carboxylic acids is 1. The summed E-state index contributed by atoms with van der Waals surface area (Å²) in [6.45, 7) is 3.32. The van der Waals surface area contributed by atoms with Crippen molar-refractivity contribution in [2.24, 2.45) is 0 Å². The van der Waals surface area contributed by atoms with E-state index in [1.54, 1.807) is 11.3 Å². The number of thiophene rings is 1. The van der Waals surface area contributed by atoms with Crippen LogP contribution in [0.25, 0.3) is 11.5 Å². The van der Waals surface area contributed by atoms with Crippen molar-refractivity contribution in [3.8, 4) is 11.5 Å². The van der Waals surface area contributed by atoms with E-state index in [0.717, 1.165) is 29.7 Å².